The van der Waals surface area contributed by atoms with Gasteiger partial charge in [-0.3, -0.25) is 4.79 Å². The SMILES string of the molecule is COc1cccc(C(=O)/C(C#N)=C/c2ccc(-c3ccccc3)cc2)c1. The van der Waals surface area contributed by atoms with E-state index < -0.39 is 0 Å². The molecular weight excluding hydrogens is 322 g/mol. The van der Waals surface area contributed by atoms with Crippen LogP contribution in [0.1, 0.15) is 15.9 Å². The van der Waals surface area contributed by atoms with Crippen molar-refractivity contribution in [2.24, 2.45) is 0 Å². The Balaban J connectivity index is 1.87. The van der Waals surface area contributed by atoms with Crippen LogP contribution >= 0.6 is 0 Å². The van der Waals surface area contributed by atoms with E-state index in [1.54, 1.807) is 37.5 Å². The summed E-state index contributed by atoms with van der Waals surface area (Å²) in [6.45, 7) is 0. The number of carbonyl (C=O) groups is 1. The average Bonchev–Trinajstić information content (AvgIpc) is 2.72. The van der Waals surface area contributed by atoms with E-state index in [0.29, 0.717) is 11.3 Å². The molecule has 0 bridgehead atoms. The number of carbonyl (C=O) groups excluding carboxylic acids is 1. The molecular formula is C23H17NO2. The van der Waals surface area contributed by atoms with E-state index in [1.807, 2.05) is 60.7 Å². The molecule has 0 amide bonds. The molecule has 3 nitrogen and oxygen atoms in total. The van der Waals surface area contributed by atoms with Gasteiger partial charge in [-0.05, 0) is 34.9 Å². The molecule has 0 aliphatic heterocycles. The molecule has 126 valence electrons. The van der Waals surface area contributed by atoms with E-state index in [1.165, 1.54) is 0 Å². The van der Waals surface area contributed by atoms with Crippen LogP contribution in [0.25, 0.3) is 17.2 Å². The minimum atomic E-state index is -0.321. The van der Waals surface area contributed by atoms with Gasteiger partial charge in [0, 0.05) is 5.56 Å². The van der Waals surface area contributed by atoms with Gasteiger partial charge >= 0.3 is 0 Å². The van der Waals surface area contributed by atoms with Crippen LogP contribution in [0.5, 0.6) is 5.75 Å². The molecule has 0 atom stereocenters. The van der Waals surface area contributed by atoms with Gasteiger partial charge in [0.15, 0.2) is 0 Å². The van der Waals surface area contributed by atoms with Gasteiger partial charge in [-0.15, -0.1) is 0 Å². The first-order valence-corrected chi connectivity index (χ1v) is 8.17. The highest BCUT2D eigenvalue weighted by Gasteiger charge is 2.13. The van der Waals surface area contributed by atoms with Crippen LogP contribution in [-0.2, 0) is 0 Å². The molecule has 26 heavy (non-hydrogen) atoms. The molecule has 0 saturated carbocycles. The maximum atomic E-state index is 12.6. The predicted octanol–water partition coefficient (Wildman–Crippen LogP) is 5.15. The Morgan fingerprint density at radius 3 is 2.27 bits per heavy atom. The quantitative estimate of drug-likeness (QED) is 0.367. The van der Waals surface area contributed by atoms with Gasteiger partial charge in [0.25, 0.3) is 0 Å². The molecule has 0 saturated heterocycles. The molecule has 3 rings (SSSR count). The Kier molecular flexibility index (Phi) is 5.26. The van der Waals surface area contributed by atoms with Crippen molar-refractivity contribution < 1.29 is 9.53 Å². The second-order valence-electron chi connectivity index (χ2n) is 5.72. The molecule has 3 heteroatoms. The minimum Gasteiger partial charge on any atom is -0.497 e. The molecule has 0 aliphatic rings. The van der Waals surface area contributed by atoms with Crippen molar-refractivity contribution in [3.8, 4) is 22.9 Å². The van der Waals surface area contributed by atoms with Crippen LogP contribution in [-0.4, -0.2) is 12.9 Å². The van der Waals surface area contributed by atoms with E-state index in [4.69, 9.17) is 4.74 Å². The summed E-state index contributed by atoms with van der Waals surface area (Å²) in [5.74, 6) is 0.263. The smallest absolute Gasteiger partial charge is 0.203 e. The van der Waals surface area contributed by atoms with Crippen molar-refractivity contribution in [3.05, 3.63) is 95.6 Å². The summed E-state index contributed by atoms with van der Waals surface area (Å²) in [4.78, 5) is 12.6. The maximum Gasteiger partial charge on any atom is 0.203 e. The van der Waals surface area contributed by atoms with Crippen LogP contribution < -0.4 is 4.74 Å². The second kappa shape index (κ2) is 7.96. The fraction of sp³-hybridized carbons (Fsp3) is 0.0435. The summed E-state index contributed by atoms with van der Waals surface area (Å²) < 4.78 is 5.14. The molecule has 0 unspecified atom stereocenters. The fourth-order valence-corrected chi connectivity index (χ4v) is 2.64. The molecule has 0 aliphatic carbocycles. The van der Waals surface area contributed by atoms with Crippen molar-refractivity contribution >= 4 is 11.9 Å². The van der Waals surface area contributed by atoms with Crippen LogP contribution in [0.15, 0.2) is 84.4 Å². The molecule has 0 N–H and O–H groups in total. The Morgan fingerprint density at radius 2 is 1.62 bits per heavy atom. The van der Waals surface area contributed by atoms with Gasteiger partial charge in [-0.1, -0.05) is 66.7 Å². The Hall–Kier alpha value is -3.64. The molecule has 3 aromatic carbocycles. The van der Waals surface area contributed by atoms with Crippen molar-refractivity contribution in [3.63, 3.8) is 0 Å². The number of hydrogen-bond donors (Lipinski definition) is 0. The van der Waals surface area contributed by atoms with E-state index in [2.05, 4.69) is 0 Å². The zero-order valence-electron chi connectivity index (χ0n) is 14.3. The van der Waals surface area contributed by atoms with Crippen molar-refractivity contribution in [1.82, 2.24) is 0 Å². The largest absolute Gasteiger partial charge is 0.497 e. The number of ketones is 1. The zero-order valence-corrected chi connectivity index (χ0v) is 14.3. The fourth-order valence-electron chi connectivity index (χ4n) is 2.64. The summed E-state index contributed by atoms with van der Waals surface area (Å²) in [6.07, 6.45) is 1.61. The molecule has 0 fully saturated rings. The number of nitriles is 1. The third kappa shape index (κ3) is 3.88. The van der Waals surface area contributed by atoms with Crippen molar-refractivity contribution in [2.45, 2.75) is 0 Å². The zero-order chi connectivity index (χ0) is 18.4. The maximum absolute atomic E-state index is 12.6. The second-order valence-corrected chi connectivity index (χ2v) is 5.72. The van der Waals surface area contributed by atoms with Crippen molar-refractivity contribution in [2.75, 3.05) is 7.11 Å². The Morgan fingerprint density at radius 1 is 0.923 bits per heavy atom. The topological polar surface area (TPSA) is 50.1 Å². The highest BCUT2D eigenvalue weighted by atomic mass is 16.5. The van der Waals surface area contributed by atoms with Crippen LogP contribution in [0, 0.1) is 11.3 Å². The highest BCUT2D eigenvalue weighted by molar-refractivity contribution is 6.14. The summed E-state index contributed by atoms with van der Waals surface area (Å²) >= 11 is 0. The monoisotopic (exact) mass is 339 g/mol. The first-order chi connectivity index (χ1) is 12.7. The normalized spacial score (nSPS) is 10.8. The first kappa shape index (κ1) is 17.2. The summed E-state index contributed by atoms with van der Waals surface area (Å²) in [7, 11) is 1.54. The van der Waals surface area contributed by atoms with Crippen molar-refractivity contribution in [1.29, 1.82) is 5.26 Å². The summed E-state index contributed by atoms with van der Waals surface area (Å²) in [5, 5.41) is 9.41. The lowest BCUT2D eigenvalue weighted by atomic mass is 10.00. The number of rotatable bonds is 5. The first-order valence-electron chi connectivity index (χ1n) is 8.17. The molecule has 0 aromatic heterocycles. The number of nitrogens with zero attached hydrogens (tertiary/aromatic N) is 1. The van der Waals surface area contributed by atoms with Gasteiger partial charge in [0.2, 0.25) is 5.78 Å². The number of hydrogen-bond acceptors (Lipinski definition) is 3. The van der Waals surface area contributed by atoms with E-state index in [9.17, 15) is 10.1 Å². The molecule has 0 heterocycles. The van der Waals surface area contributed by atoms with Gasteiger partial charge in [-0.2, -0.15) is 5.26 Å². The van der Waals surface area contributed by atoms with E-state index in [-0.39, 0.29) is 11.4 Å². The Labute approximate surface area is 152 Å². The van der Waals surface area contributed by atoms with Crippen LogP contribution in [0.2, 0.25) is 0 Å². The number of allylic oxidation sites excluding steroid dienone is 1. The molecule has 0 spiro atoms. The van der Waals surface area contributed by atoms with Gasteiger partial charge < -0.3 is 4.74 Å². The number of methoxy groups -OCH3 is 1. The predicted molar refractivity (Wildman–Crippen MR) is 103 cm³/mol. The Bertz CT molecular complexity index is 981. The van der Waals surface area contributed by atoms with E-state index in [0.717, 1.165) is 16.7 Å². The lowest BCUT2D eigenvalue weighted by Gasteiger charge is -2.04. The standard InChI is InChI=1S/C23H17NO2/c1-26-22-9-5-8-20(15-22)23(25)21(16-24)14-17-10-12-19(13-11-17)18-6-3-2-4-7-18/h2-15H,1H3/b21-14+. The highest BCUT2D eigenvalue weighted by Crippen LogP contribution is 2.21. The van der Waals surface area contributed by atoms with E-state index >= 15 is 0 Å². The number of Topliss-reactive ketones (excluding diaryl/α,β-unsaturated/α-hetero) is 1. The van der Waals surface area contributed by atoms with Gasteiger partial charge in [-0.25, -0.2) is 0 Å². The van der Waals surface area contributed by atoms with Crippen LogP contribution in [0.4, 0.5) is 0 Å². The molecule has 0 radical (unpaired) electrons. The lowest BCUT2D eigenvalue weighted by Crippen LogP contribution is -2.02. The lowest BCUT2D eigenvalue weighted by molar-refractivity contribution is 0.103. The minimum absolute atomic E-state index is 0.0886. The molecule has 3 aromatic rings. The third-order valence-corrected chi connectivity index (χ3v) is 4.03. The number of benzene rings is 3. The van der Waals surface area contributed by atoms with Crippen LogP contribution in [0.3, 0.4) is 0 Å². The average molecular weight is 339 g/mol. The number of ether oxygens (including phenoxy) is 1. The summed E-state index contributed by atoms with van der Waals surface area (Å²) in [6, 6.07) is 26.6. The summed E-state index contributed by atoms with van der Waals surface area (Å²) in [5.41, 5.74) is 3.53. The van der Waals surface area contributed by atoms with Gasteiger partial charge in [0.1, 0.15) is 17.4 Å². The third-order valence-electron chi connectivity index (χ3n) is 4.03. The van der Waals surface area contributed by atoms with Gasteiger partial charge in [0.05, 0.1) is 7.11 Å².